The van der Waals surface area contributed by atoms with Crippen LogP contribution in [0.3, 0.4) is 0 Å². The largest absolute Gasteiger partial charge is 0.339 e. The molecule has 3 aromatic carbocycles. The molecule has 0 unspecified atom stereocenters. The lowest BCUT2D eigenvalue weighted by Gasteiger charge is -2.22. The van der Waals surface area contributed by atoms with Crippen molar-refractivity contribution in [1.29, 1.82) is 0 Å². The summed E-state index contributed by atoms with van der Waals surface area (Å²) in [6.45, 7) is 3.14. The number of sulfonamides is 1. The van der Waals surface area contributed by atoms with Crippen molar-refractivity contribution in [2.45, 2.75) is 17.6 Å². The minimum Gasteiger partial charge on any atom is -0.339 e. The zero-order valence-electron chi connectivity index (χ0n) is 24.7. The zero-order chi connectivity index (χ0) is 30.8. The first-order valence-corrected chi connectivity index (χ1v) is 16.7. The summed E-state index contributed by atoms with van der Waals surface area (Å²) in [4.78, 5) is 24.6. The number of anilines is 2. The maximum Gasteiger partial charge on any atom is 0.271 e. The monoisotopic (exact) mass is 623 g/mol. The number of pyridine rings is 1. The average Bonchev–Trinajstić information content (AvgIpc) is 3.68. The van der Waals surface area contributed by atoms with E-state index in [-0.39, 0.29) is 10.1 Å². The Hall–Kier alpha value is -4.51. The fourth-order valence-electron chi connectivity index (χ4n) is 5.50. The Morgan fingerprint density at radius 1 is 0.932 bits per heavy atom. The fraction of sp³-hybridized carbons (Fsp3) is 0.176. The molecule has 0 aliphatic heterocycles. The molecule has 0 bridgehead atoms. The molecule has 44 heavy (non-hydrogen) atoms. The molecule has 0 aliphatic carbocycles. The van der Waals surface area contributed by atoms with Gasteiger partial charge in [-0.2, -0.15) is 0 Å². The lowest BCUT2D eigenvalue weighted by atomic mass is 9.92. The summed E-state index contributed by atoms with van der Waals surface area (Å²) in [7, 11) is 0.352. The number of aromatic amines is 1. The van der Waals surface area contributed by atoms with Gasteiger partial charge in [-0.25, -0.2) is 13.4 Å². The number of nitrogens with zero attached hydrogens (tertiary/aromatic N) is 3. The van der Waals surface area contributed by atoms with Gasteiger partial charge in [-0.1, -0.05) is 48.5 Å². The van der Waals surface area contributed by atoms with Gasteiger partial charge >= 0.3 is 0 Å². The number of carbonyl (C=O) groups excluding carboxylic acids is 1. The van der Waals surface area contributed by atoms with E-state index in [4.69, 9.17) is 4.98 Å². The van der Waals surface area contributed by atoms with Crippen molar-refractivity contribution in [1.82, 2.24) is 14.9 Å². The molecule has 0 radical (unpaired) electrons. The van der Waals surface area contributed by atoms with Crippen LogP contribution in [0.2, 0.25) is 0 Å². The molecular weight excluding hydrogens is 591 g/mol. The van der Waals surface area contributed by atoms with Gasteiger partial charge in [0.25, 0.3) is 10.0 Å². The van der Waals surface area contributed by atoms with Gasteiger partial charge in [-0.3, -0.25) is 9.52 Å². The summed E-state index contributed by atoms with van der Waals surface area (Å²) >= 11 is 1.17. The number of hydrogen-bond acceptors (Lipinski definition) is 6. The third-order valence-electron chi connectivity index (χ3n) is 7.55. The van der Waals surface area contributed by atoms with Crippen molar-refractivity contribution in [3.8, 4) is 22.3 Å². The molecule has 2 N–H and O–H groups in total. The van der Waals surface area contributed by atoms with E-state index in [0.717, 1.165) is 57.2 Å². The molecule has 0 spiro atoms. The summed E-state index contributed by atoms with van der Waals surface area (Å²) in [6, 6.07) is 26.9. The van der Waals surface area contributed by atoms with E-state index in [9.17, 15) is 13.2 Å². The fourth-order valence-corrected chi connectivity index (χ4v) is 7.54. The molecule has 1 amide bonds. The normalized spacial score (nSPS) is 11.8. The van der Waals surface area contributed by atoms with Crippen LogP contribution in [0.1, 0.15) is 13.3 Å². The number of H-pyrrole nitrogens is 1. The summed E-state index contributed by atoms with van der Waals surface area (Å²) in [5.74, 6) is 0.00821. The van der Waals surface area contributed by atoms with Crippen LogP contribution in [0.5, 0.6) is 0 Å². The van der Waals surface area contributed by atoms with Gasteiger partial charge in [0.15, 0.2) is 0 Å². The second-order valence-corrected chi connectivity index (χ2v) is 13.8. The first-order chi connectivity index (χ1) is 21.2. The van der Waals surface area contributed by atoms with E-state index in [2.05, 4.69) is 26.7 Å². The van der Waals surface area contributed by atoms with Gasteiger partial charge in [0.1, 0.15) is 9.86 Å². The summed E-state index contributed by atoms with van der Waals surface area (Å²) in [5.41, 5.74) is 6.78. The Morgan fingerprint density at radius 3 is 2.39 bits per heavy atom. The Labute approximate surface area is 261 Å². The van der Waals surface area contributed by atoms with Crippen LogP contribution in [0.15, 0.2) is 101 Å². The molecule has 0 saturated heterocycles. The molecule has 6 rings (SSSR count). The number of fused-ring (bicyclic) bond motifs is 3. The first-order valence-electron chi connectivity index (χ1n) is 14.3. The lowest BCUT2D eigenvalue weighted by molar-refractivity contribution is -0.116. The zero-order valence-corrected chi connectivity index (χ0v) is 26.4. The Morgan fingerprint density at radius 2 is 1.70 bits per heavy atom. The van der Waals surface area contributed by atoms with E-state index in [1.54, 1.807) is 30.5 Å². The third-order valence-corrected chi connectivity index (χ3v) is 10.3. The minimum atomic E-state index is -3.70. The molecule has 3 heterocycles. The molecule has 3 aromatic heterocycles. The van der Waals surface area contributed by atoms with Crippen LogP contribution in [0.4, 0.5) is 11.4 Å². The lowest BCUT2D eigenvalue weighted by Crippen LogP contribution is -2.31. The van der Waals surface area contributed by atoms with Crippen molar-refractivity contribution in [3.63, 3.8) is 0 Å². The SMILES string of the molecule is CC(=O)N(CCCN(C)C)c1ccc(-c2cnc3[nH]c4ccc(NS(=O)(=O)c5cccs5)cc4c3c2-c2ccccc2)cc1. The van der Waals surface area contributed by atoms with E-state index in [0.29, 0.717) is 17.9 Å². The van der Waals surface area contributed by atoms with Crippen molar-refractivity contribution in [3.05, 3.63) is 96.5 Å². The maximum atomic E-state index is 13.0. The van der Waals surface area contributed by atoms with Crippen molar-refractivity contribution >= 4 is 60.6 Å². The molecule has 0 fully saturated rings. The first kappa shape index (κ1) is 29.6. The number of rotatable bonds is 10. The van der Waals surface area contributed by atoms with Crippen molar-refractivity contribution in [2.75, 3.05) is 36.8 Å². The number of hydrogen-bond donors (Lipinski definition) is 2. The molecule has 0 atom stereocenters. The number of amides is 1. The van der Waals surface area contributed by atoms with E-state index >= 15 is 0 Å². The van der Waals surface area contributed by atoms with Crippen LogP contribution >= 0.6 is 11.3 Å². The van der Waals surface area contributed by atoms with Crippen LogP contribution in [-0.4, -0.2) is 56.4 Å². The van der Waals surface area contributed by atoms with Gasteiger partial charge in [0, 0.05) is 58.5 Å². The average molecular weight is 624 g/mol. The minimum absolute atomic E-state index is 0.00821. The van der Waals surface area contributed by atoms with Crippen molar-refractivity contribution < 1.29 is 13.2 Å². The molecule has 10 heteroatoms. The van der Waals surface area contributed by atoms with Gasteiger partial charge < -0.3 is 14.8 Å². The van der Waals surface area contributed by atoms with Gasteiger partial charge in [-0.15, -0.1) is 11.3 Å². The smallest absolute Gasteiger partial charge is 0.271 e. The Balaban J connectivity index is 1.46. The number of carbonyl (C=O) groups is 1. The van der Waals surface area contributed by atoms with Crippen LogP contribution < -0.4 is 9.62 Å². The number of thiophene rings is 1. The number of benzene rings is 3. The van der Waals surface area contributed by atoms with E-state index < -0.39 is 10.0 Å². The number of aromatic nitrogens is 2. The van der Waals surface area contributed by atoms with E-state index in [1.165, 1.54) is 11.3 Å². The van der Waals surface area contributed by atoms with E-state index in [1.807, 2.05) is 79.8 Å². The second-order valence-electron chi connectivity index (χ2n) is 10.9. The standard InChI is InChI=1S/C34H33N5O3S2/c1-23(40)39(19-8-18-38(2)3)27-15-12-24(13-16-27)29-22-35-34-33(32(29)25-9-5-4-6-10-25)28-21-26(14-17-30(28)36-34)37-44(41,42)31-11-7-20-43-31/h4-7,9-17,20-22,37H,8,18-19H2,1-3H3,(H,35,36). The highest BCUT2D eigenvalue weighted by atomic mass is 32.2. The molecule has 8 nitrogen and oxygen atoms in total. The highest BCUT2D eigenvalue weighted by Crippen LogP contribution is 2.41. The Kier molecular flexibility index (Phi) is 8.22. The van der Waals surface area contributed by atoms with Crippen LogP contribution in [0, 0.1) is 0 Å². The highest BCUT2D eigenvalue weighted by molar-refractivity contribution is 7.94. The molecule has 0 saturated carbocycles. The maximum absolute atomic E-state index is 13.0. The number of nitrogens with one attached hydrogen (secondary N) is 2. The van der Waals surface area contributed by atoms with Gasteiger partial charge in [0.2, 0.25) is 5.91 Å². The Bertz CT molecular complexity index is 2040. The third kappa shape index (κ3) is 5.96. The summed E-state index contributed by atoms with van der Waals surface area (Å²) in [5, 5.41) is 3.51. The van der Waals surface area contributed by atoms with Crippen molar-refractivity contribution in [2.24, 2.45) is 0 Å². The van der Waals surface area contributed by atoms with Crippen LogP contribution in [0.25, 0.3) is 44.2 Å². The summed E-state index contributed by atoms with van der Waals surface area (Å²) < 4.78 is 29.0. The topological polar surface area (TPSA) is 98.4 Å². The van der Waals surface area contributed by atoms with Crippen LogP contribution in [-0.2, 0) is 14.8 Å². The quantitative estimate of drug-likeness (QED) is 0.168. The second kappa shape index (κ2) is 12.2. The molecule has 0 aliphatic rings. The molecule has 6 aromatic rings. The van der Waals surface area contributed by atoms with Gasteiger partial charge in [-0.05, 0) is 80.0 Å². The summed E-state index contributed by atoms with van der Waals surface area (Å²) in [6.07, 6.45) is 2.74. The molecule has 224 valence electrons. The predicted octanol–water partition coefficient (Wildman–Crippen LogP) is 7.22. The predicted molar refractivity (Wildman–Crippen MR) is 181 cm³/mol. The highest BCUT2D eigenvalue weighted by Gasteiger charge is 2.20. The molecular formula is C34H33N5O3S2. The van der Waals surface area contributed by atoms with Gasteiger partial charge in [0.05, 0.1) is 0 Å².